The highest BCUT2D eigenvalue weighted by molar-refractivity contribution is 5.83. The van der Waals surface area contributed by atoms with E-state index in [4.69, 9.17) is 10.4 Å². The molecule has 1 aromatic carbocycles. The average Bonchev–Trinajstić information content (AvgIpc) is 2.23. The fourth-order valence-corrected chi connectivity index (χ4v) is 1.85. The van der Waals surface area contributed by atoms with Crippen molar-refractivity contribution in [3.05, 3.63) is 35.4 Å². The molecule has 1 saturated heterocycles. The number of nitriles is 1. The Morgan fingerprint density at radius 3 is 2.47 bits per heavy atom. The predicted octanol–water partition coefficient (Wildman–Crippen LogP) is 2.32. The molecule has 19 heavy (non-hydrogen) atoms. The highest BCUT2D eigenvalue weighted by Crippen LogP contribution is 2.31. The topological polar surface area (TPSA) is 76.4 Å². The number of benzene rings is 1. The van der Waals surface area contributed by atoms with E-state index in [2.05, 4.69) is 0 Å². The van der Waals surface area contributed by atoms with E-state index in [9.17, 15) is 13.6 Å². The van der Waals surface area contributed by atoms with E-state index >= 15 is 0 Å². The van der Waals surface area contributed by atoms with Gasteiger partial charge < -0.3 is 10.0 Å². The summed E-state index contributed by atoms with van der Waals surface area (Å²) in [6, 6.07) is 3.68. The number of anilines is 2. The SMILES string of the molecule is N#CC=C1CN(c2c(F)cc(NC(=O)O)cc2F)C1. The van der Waals surface area contributed by atoms with E-state index in [0.717, 1.165) is 17.7 Å². The zero-order valence-electron chi connectivity index (χ0n) is 9.65. The largest absolute Gasteiger partial charge is 0.465 e. The van der Waals surface area contributed by atoms with E-state index in [1.807, 2.05) is 11.4 Å². The van der Waals surface area contributed by atoms with Gasteiger partial charge >= 0.3 is 6.09 Å². The maximum absolute atomic E-state index is 13.7. The molecule has 1 heterocycles. The number of halogens is 2. The molecule has 1 aliphatic heterocycles. The van der Waals surface area contributed by atoms with E-state index in [1.54, 1.807) is 0 Å². The fraction of sp³-hybridized carbons (Fsp3) is 0.167. The zero-order chi connectivity index (χ0) is 14.0. The first-order chi connectivity index (χ1) is 9.01. The Morgan fingerprint density at radius 2 is 2.00 bits per heavy atom. The Balaban J connectivity index is 2.22. The number of hydrogen-bond donors (Lipinski definition) is 2. The highest BCUT2D eigenvalue weighted by Gasteiger charge is 2.26. The second kappa shape index (κ2) is 4.94. The number of nitrogens with zero attached hydrogens (tertiary/aromatic N) is 2. The lowest BCUT2D eigenvalue weighted by atomic mass is 10.1. The molecule has 0 bridgehead atoms. The van der Waals surface area contributed by atoms with Gasteiger partial charge in [-0.05, 0) is 17.7 Å². The van der Waals surface area contributed by atoms with Crippen LogP contribution >= 0.6 is 0 Å². The lowest BCUT2D eigenvalue weighted by Gasteiger charge is -2.36. The number of hydrogen-bond acceptors (Lipinski definition) is 3. The van der Waals surface area contributed by atoms with Crippen molar-refractivity contribution in [2.24, 2.45) is 0 Å². The standard InChI is InChI=1S/C12H9F2N3O2/c13-9-3-8(16-12(18)19)4-10(14)11(9)17-5-7(6-17)1-2-15/h1,3-4,16H,5-6H2,(H,18,19). The molecule has 0 radical (unpaired) electrons. The van der Waals surface area contributed by atoms with Gasteiger partial charge in [0.2, 0.25) is 0 Å². The molecule has 0 atom stereocenters. The summed E-state index contributed by atoms with van der Waals surface area (Å²) in [6.07, 6.45) is -0.0538. The highest BCUT2D eigenvalue weighted by atomic mass is 19.1. The van der Waals surface area contributed by atoms with Crippen molar-refractivity contribution >= 4 is 17.5 Å². The maximum Gasteiger partial charge on any atom is 0.409 e. The molecule has 0 unspecified atom stereocenters. The number of carbonyl (C=O) groups is 1. The summed E-state index contributed by atoms with van der Waals surface area (Å²) < 4.78 is 27.5. The van der Waals surface area contributed by atoms with Gasteiger partial charge in [0.05, 0.1) is 6.07 Å². The van der Waals surface area contributed by atoms with Crippen molar-refractivity contribution in [2.75, 3.05) is 23.3 Å². The van der Waals surface area contributed by atoms with Crippen molar-refractivity contribution in [3.8, 4) is 6.07 Å². The first-order valence-corrected chi connectivity index (χ1v) is 5.32. The van der Waals surface area contributed by atoms with Gasteiger partial charge in [-0.2, -0.15) is 5.26 Å². The van der Waals surface area contributed by atoms with E-state index < -0.39 is 17.7 Å². The van der Waals surface area contributed by atoms with Gasteiger partial charge in [0.15, 0.2) is 11.6 Å². The van der Waals surface area contributed by atoms with Gasteiger partial charge in [0, 0.05) is 24.9 Å². The van der Waals surface area contributed by atoms with Crippen LogP contribution in [0.2, 0.25) is 0 Å². The molecule has 0 saturated carbocycles. The molecule has 1 amide bonds. The molecule has 2 N–H and O–H groups in total. The van der Waals surface area contributed by atoms with Gasteiger partial charge in [0.1, 0.15) is 5.69 Å². The van der Waals surface area contributed by atoms with Crippen molar-refractivity contribution in [1.82, 2.24) is 0 Å². The number of allylic oxidation sites excluding steroid dienone is 1. The van der Waals surface area contributed by atoms with Crippen LogP contribution in [-0.2, 0) is 0 Å². The first-order valence-electron chi connectivity index (χ1n) is 5.32. The van der Waals surface area contributed by atoms with Crippen molar-refractivity contribution in [2.45, 2.75) is 0 Å². The van der Waals surface area contributed by atoms with Crippen LogP contribution < -0.4 is 10.2 Å². The van der Waals surface area contributed by atoms with Crippen LogP contribution in [0.3, 0.4) is 0 Å². The lowest BCUT2D eigenvalue weighted by molar-refractivity contribution is 0.209. The molecule has 98 valence electrons. The smallest absolute Gasteiger partial charge is 0.409 e. The Bertz CT molecular complexity index is 576. The minimum atomic E-state index is -1.39. The predicted molar refractivity (Wildman–Crippen MR) is 63.9 cm³/mol. The normalized spacial score (nSPS) is 13.5. The van der Waals surface area contributed by atoms with Gasteiger partial charge in [0.25, 0.3) is 0 Å². The van der Waals surface area contributed by atoms with Gasteiger partial charge in [-0.1, -0.05) is 0 Å². The number of amides is 1. The quantitative estimate of drug-likeness (QED) is 0.804. The third-order valence-corrected chi connectivity index (χ3v) is 2.64. The maximum atomic E-state index is 13.7. The molecular formula is C12H9F2N3O2. The molecule has 7 heteroatoms. The van der Waals surface area contributed by atoms with Crippen LogP contribution in [-0.4, -0.2) is 24.3 Å². The fourth-order valence-electron chi connectivity index (χ4n) is 1.85. The second-order valence-electron chi connectivity index (χ2n) is 4.01. The summed E-state index contributed by atoms with van der Waals surface area (Å²) in [5, 5.41) is 18.8. The summed E-state index contributed by atoms with van der Waals surface area (Å²) in [6.45, 7) is 0.570. The zero-order valence-corrected chi connectivity index (χ0v) is 9.65. The Hall–Kier alpha value is -2.62. The average molecular weight is 265 g/mol. The third-order valence-electron chi connectivity index (χ3n) is 2.64. The van der Waals surface area contributed by atoms with E-state index in [1.165, 1.54) is 11.0 Å². The van der Waals surface area contributed by atoms with Gasteiger partial charge in [-0.15, -0.1) is 0 Å². The summed E-state index contributed by atoms with van der Waals surface area (Å²) in [5.74, 6) is -1.69. The third kappa shape index (κ3) is 2.63. The van der Waals surface area contributed by atoms with Crippen LogP contribution in [0.5, 0.6) is 0 Å². The first kappa shape index (κ1) is 12.8. The van der Waals surface area contributed by atoms with Crippen molar-refractivity contribution < 1.29 is 18.7 Å². The van der Waals surface area contributed by atoms with Crippen LogP contribution in [0, 0.1) is 23.0 Å². The molecular weight excluding hydrogens is 256 g/mol. The monoisotopic (exact) mass is 265 g/mol. The summed E-state index contributed by atoms with van der Waals surface area (Å²) in [4.78, 5) is 11.8. The van der Waals surface area contributed by atoms with E-state index in [-0.39, 0.29) is 24.5 Å². The Labute approximate surface area is 107 Å². The summed E-state index contributed by atoms with van der Waals surface area (Å²) >= 11 is 0. The van der Waals surface area contributed by atoms with Crippen LogP contribution in [0.4, 0.5) is 25.0 Å². The number of rotatable bonds is 2. The number of nitrogens with one attached hydrogen (secondary N) is 1. The summed E-state index contributed by atoms with van der Waals surface area (Å²) in [5.41, 5.74) is 0.402. The van der Waals surface area contributed by atoms with Gasteiger partial charge in [-0.3, -0.25) is 5.32 Å². The second-order valence-corrected chi connectivity index (χ2v) is 4.01. The molecule has 0 aliphatic carbocycles. The lowest BCUT2D eigenvalue weighted by Crippen LogP contribution is -2.41. The Kier molecular flexibility index (Phi) is 3.33. The van der Waals surface area contributed by atoms with Crippen molar-refractivity contribution in [3.63, 3.8) is 0 Å². The van der Waals surface area contributed by atoms with Crippen LogP contribution in [0.15, 0.2) is 23.8 Å². The van der Waals surface area contributed by atoms with Gasteiger partial charge in [-0.25, -0.2) is 13.6 Å². The van der Waals surface area contributed by atoms with Crippen LogP contribution in [0.1, 0.15) is 0 Å². The minimum Gasteiger partial charge on any atom is -0.465 e. The minimum absolute atomic E-state index is 0.167. The molecule has 1 aromatic rings. The Morgan fingerprint density at radius 1 is 1.42 bits per heavy atom. The van der Waals surface area contributed by atoms with E-state index in [0.29, 0.717) is 0 Å². The molecule has 1 aliphatic rings. The molecule has 5 nitrogen and oxygen atoms in total. The summed E-state index contributed by atoms with van der Waals surface area (Å²) in [7, 11) is 0. The number of carboxylic acid groups (broad SMARTS) is 1. The molecule has 0 aromatic heterocycles. The molecule has 0 spiro atoms. The van der Waals surface area contributed by atoms with Crippen LogP contribution in [0.25, 0.3) is 0 Å². The molecule has 2 rings (SSSR count). The van der Waals surface area contributed by atoms with Crippen molar-refractivity contribution in [1.29, 1.82) is 5.26 Å². The molecule has 1 fully saturated rings.